The molecule has 2 aliphatic rings. The summed E-state index contributed by atoms with van der Waals surface area (Å²) in [4.78, 5) is 22.2. The Morgan fingerprint density at radius 2 is 1.88 bits per heavy atom. The number of nitrogens with zero attached hydrogens (tertiary/aromatic N) is 9. The van der Waals surface area contributed by atoms with Crippen molar-refractivity contribution in [1.29, 1.82) is 5.26 Å². The van der Waals surface area contributed by atoms with Gasteiger partial charge >= 0.3 is 6.18 Å². The van der Waals surface area contributed by atoms with E-state index < -0.39 is 23.6 Å². The molecule has 4 aromatic heterocycles. The fourth-order valence-corrected chi connectivity index (χ4v) is 6.73. The molecule has 2 aliphatic heterocycles. The standard InChI is InChI=1S/C31H29F5N10O2Si/c32-20-9-17(11-37)1-2-19(20)15-47-28-21(33)12-39-26(41-28)18-3-6-45(7-4-18)14-25-40-22-10-23(27-42-29(44-43-27)31(34,35)36)38-13-24(22)46(25)16-30(49)5-8-48-30/h1-2,9-10,12-13,18H,3-8,14-16H2,49H3,(H,42,43,44)/t30-/m1/s1. The Labute approximate surface area is 278 Å². The number of halogens is 5. The molecule has 18 heteroatoms. The fourth-order valence-electron chi connectivity index (χ4n) is 6.01. The number of hydrogen-bond acceptors (Lipinski definition) is 10. The fraction of sp³-hybridized carbons (Fsp3) is 0.387. The highest BCUT2D eigenvalue weighted by atomic mass is 28.1. The molecule has 0 unspecified atom stereocenters. The minimum absolute atomic E-state index is 0.0618. The number of imidazole rings is 1. The number of pyridine rings is 1. The molecule has 0 radical (unpaired) electrons. The summed E-state index contributed by atoms with van der Waals surface area (Å²) < 4.78 is 81.6. The molecule has 2 saturated heterocycles. The highest BCUT2D eigenvalue weighted by Crippen LogP contribution is 2.32. The van der Waals surface area contributed by atoms with Crippen LogP contribution in [0, 0.1) is 23.0 Å². The zero-order valence-corrected chi connectivity index (χ0v) is 28.1. The van der Waals surface area contributed by atoms with Crippen molar-refractivity contribution >= 4 is 21.3 Å². The Kier molecular flexibility index (Phi) is 8.58. The van der Waals surface area contributed by atoms with Crippen LogP contribution in [0.15, 0.2) is 36.7 Å². The molecule has 49 heavy (non-hydrogen) atoms. The van der Waals surface area contributed by atoms with Crippen molar-refractivity contribution in [3.8, 4) is 23.5 Å². The van der Waals surface area contributed by atoms with Gasteiger partial charge in [-0.15, -0.1) is 10.2 Å². The maximum atomic E-state index is 14.5. The Morgan fingerprint density at radius 3 is 2.55 bits per heavy atom. The molecular weight excluding hydrogens is 667 g/mol. The largest absolute Gasteiger partial charge is 0.471 e. The van der Waals surface area contributed by atoms with Gasteiger partial charge in [0, 0.05) is 34.9 Å². The van der Waals surface area contributed by atoms with Crippen LogP contribution < -0.4 is 4.74 Å². The van der Waals surface area contributed by atoms with Crippen LogP contribution in [0.3, 0.4) is 0 Å². The third kappa shape index (κ3) is 6.86. The molecule has 0 amide bonds. The van der Waals surface area contributed by atoms with Crippen LogP contribution in [0.5, 0.6) is 5.88 Å². The lowest BCUT2D eigenvalue weighted by molar-refractivity contribution is -0.144. The van der Waals surface area contributed by atoms with Crippen LogP contribution >= 0.6 is 0 Å². The van der Waals surface area contributed by atoms with E-state index in [2.05, 4.69) is 39.6 Å². The number of rotatable bonds is 9. The van der Waals surface area contributed by atoms with E-state index in [4.69, 9.17) is 19.7 Å². The molecule has 0 bridgehead atoms. The SMILES string of the molecule is N#Cc1ccc(COc2nc(C3CCN(Cc4nc5cc(-c6nnc(C(F)(F)F)[nH]6)ncc5n4C[C@]4([SiH3])CCO4)CC3)ncc2F)c(F)c1. The lowest BCUT2D eigenvalue weighted by Crippen LogP contribution is -2.48. The third-order valence-electron chi connectivity index (χ3n) is 8.88. The van der Waals surface area contributed by atoms with Crippen molar-refractivity contribution in [2.75, 3.05) is 19.7 Å². The molecular formula is C31H29F5N10O2Si. The van der Waals surface area contributed by atoms with Crippen molar-refractivity contribution < 1.29 is 31.4 Å². The maximum absolute atomic E-state index is 14.5. The normalized spacial score (nSPS) is 18.9. The number of piperidine rings is 1. The first-order valence-corrected chi connectivity index (χ1v) is 16.5. The topological polar surface area (TPSA) is 144 Å². The monoisotopic (exact) mass is 696 g/mol. The molecule has 0 spiro atoms. The second kappa shape index (κ2) is 12.9. The molecule has 2 fully saturated rings. The Balaban J connectivity index is 1.05. The maximum Gasteiger partial charge on any atom is 0.451 e. The lowest BCUT2D eigenvalue weighted by atomic mass is 9.96. The minimum Gasteiger partial charge on any atom is -0.471 e. The molecule has 6 heterocycles. The van der Waals surface area contributed by atoms with E-state index >= 15 is 0 Å². The van der Waals surface area contributed by atoms with Crippen molar-refractivity contribution in [1.82, 2.24) is 44.6 Å². The summed E-state index contributed by atoms with van der Waals surface area (Å²) in [7, 11) is 0.802. The van der Waals surface area contributed by atoms with E-state index in [0.717, 1.165) is 40.3 Å². The molecule has 12 nitrogen and oxygen atoms in total. The van der Waals surface area contributed by atoms with Gasteiger partial charge in [0.2, 0.25) is 11.6 Å². The number of H-pyrrole nitrogens is 1. The van der Waals surface area contributed by atoms with Crippen LogP contribution in [-0.2, 0) is 30.6 Å². The van der Waals surface area contributed by atoms with Gasteiger partial charge in [-0.1, -0.05) is 6.07 Å². The van der Waals surface area contributed by atoms with E-state index in [-0.39, 0.29) is 46.3 Å². The summed E-state index contributed by atoms with van der Waals surface area (Å²) in [5, 5.41) is 15.5. The number of ether oxygens (including phenoxy) is 2. The first-order valence-electron chi connectivity index (χ1n) is 15.5. The zero-order valence-electron chi connectivity index (χ0n) is 26.1. The number of benzene rings is 1. The molecule has 0 aliphatic carbocycles. The van der Waals surface area contributed by atoms with Crippen molar-refractivity contribution in [2.24, 2.45) is 0 Å². The second-order valence-electron chi connectivity index (χ2n) is 12.4. The summed E-state index contributed by atoms with van der Waals surface area (Å²) in [5.74, 6) is -1.82. The van der Waals surface area contributed by atoms with Crippen LogP contribution in [0.2, 0.25) is 0 Å². The van der Waals surface area contributed by atoms with Crippen molar-refractivity contribution in [2.45, 2.75) is 56.3 Å². The third-order valence-corrected chi connectivity index (χ3v) is 9.99. The smallest absolute Gasteiger partial charge is 0.451 e. The Morgan fingerprint density at radius 1 is 1.08 bits per heavy atom. The number of alkyl halides is 3. The Bertz CT molecular complexity index is 2050. The highest BCUT2D eigenvalue weighted by Gasteiger charge is 2.37. The summed E-state index contributed by atoms with van der Waals surface area (Å²) in [6.07, 6.45) is 0.281. The van der Waals surface area contributed by atoms with E-state index in [1.54, 1.807) is 12.3 Å². The van der Waals surface area contributed by atoms with Gasteiger partial charge in [0.25, 0.3) is 5.88 Å². The highest BCUT2D eigenvalue weighted by molar-refractivity contribution is 6.15. The molecule has 0 saturated carbocycles. The molecule has 1 atom stereocenters. The van der Waals surface area contributed by atoms with E-state index in [1.807, 2.05) is 6.07 Å². The summed E-state index contributed by atoms with van der Waals surface area (Å²) in [6, 6.07) is 7.43. The lowest BCUT2D eigenvalue weighted by Gasteiger charge is -2.40. The Hall–Kier alpha value is -4.86. The van der Waals surface area contributed by atoms with Crippen molar-refractivity contribution in [3.63, 3.8) is 0 Å². The number of hydrogen-bond donors (Lipinski definition) is 1. The van der Waals surface area contributed by atoms with Crippen LogP contribution in [-0.4, -0.2) is 79.7 Å². The van der Waals surface area contributed by atoms with Crippen molar-refractivity contribution in [3.05, 3.63) is 76.9 Å². The molecule has 1 aromatic carbocycles. The average molecular weight is 697 g/mol. The second-order valence-corrected chi connectivity index (χ2v) is 14.2. The number of aromatic amines is 1. The van der Waals surface area contributed by atoms with Gasteiger partial charge in [0.1, 0.15) is 29.8 Å². The predicted octanol–water partition coefficient (Wildman–Crippen LogP) is 3.62. The van der Waals surface area contributed by atoms with Gasteiger partial charge in [-0.2, -0.15) is 27.8 Å². The molecule has 1 N–H and O–H groups in total. The van der Waals surface area contributed by atoms with Crippen LogP contribution in [0.25, 0.3) is 22.6 Å². The molecule has 5 aromatic rings. The molecule has 254 valence electrons. The van der Waals surface area contributed by atoms with Crippen LogP contribution in [0.4, 0.5) is 22.0 Å². The first-order chi connectivity index (χ1) is 23.5. The molecule has 7 rings (SSSR count). The van der Waals surface area contributed by atoms with E-state index in [0.29, 0.717) is 57.0 Å². The van der Waals surface area contributed by atoms with Gasteiger partial charge < -0.3 is 19.0 Å². The number of fused-ring (bicyclic) bond motifs is 1. The van der Waals surface area contributed by atoms with Gasteiger partial charge in [-0.05, 0) is 50.6 Å². The summed E-state index contributed by atoms with van der Waals surface area (Å²) in [6.45, 7) is 2.86. The summed E-state index contributed by atoms with van der Waals surface area (Å²) in [5.41, 5.74) is 1.83. The van der Waals surface area contributed by atoms with Gasteiger partial charge in [0.15, 0.2) is 5.82 Å². The number of nitrogens with one attached hydrogen (secondary N) is 1. The van der Waals surface area contributed by atoms with Gasteiger partial charge in [-0.3, -0.25) is 9.88 Å². The van der Waals surface area contributed by atoms with Gasteiger partial charge in [0.05, 0.1) is 46.8 Å². The average Bonchev–Trinajstić information content (AvgIpc) is 3.70. The summed E-state index contributed by atoms with van der Waals surface area (Å²) >= 11 is 0. The van der Waals surface area contributed by atoms with Gasteiger partial charge in [-0.25, -0.2) is 14.4 Å². The number of likely N-dealkylation sites (tertiary alicyclic amines) is 1. The number of nitriles is 1. The van der Waals surface area contributed by atoms with E-state index in [9.17, 15) is 22.0 Å². The predicted molar refractivity (Wildman–Crippen MR) is 166 cm³/mol. The first kappa shape index (κ1) is 32.7. The number of aromatic nitrogens is 8. The minimum atomic E-state index is -4.66. The zero-order chi connectivity index (χ0) is 34.3. The van der Waals surface area contributed by atoms with E-state index in [1.165, 1.54) is 12.1 Å². The van der Waals surface area contributed by atoms with Crippen LogP contribution in [0.1, 0.15) is 53.8 Å². The quantitative estimate of drug-likeness (QED) is 0.179.